The average Bonchev–Trinajstić information content (AvgIpc) is 2.25. The van der Waals surface area contributed by atoms with Gasteiger partial charge in [0.1, 0.15) is 11.1 Å². The van der Waals surface area contributed by atoms with Gasteiger partial charge in [-0.3, -0.25) is 4.79 Å². The van der Waals surface area contributed by atoms with Crippen molar-refractivity contribution >= 4 is 21.6 Å². The van der Waals surface area contributed by atoms with Gasteiger partial charge in [0.2, 0.25) is 5.91 Å². The van der Waals surface area contributed by atoms with Gasteiger partial charge in [-0.1, -0.05) is 5.16 Å². The predicted octanol–water partition coefficient (Wildman–Crippen LogP) is -0.548. The lowest BCUT2D eigenvalue weighted by atomic mass is 10.2. The number of nitrogens with one attached hydrogen (secondary N) is 1. The quantitative estimate of drug-likeness (QED) is 0.187. The Morgan fingerprint density at radius 1 is 1.47 bits per heavy atom. The highest BCUT2D eigenvalue weighted by Gasteiger charge is 2.22. The Balaban J connectivity index is 3.80. The fourth-order valence-electron chi connectivity index (χ4n) is 1.03. The number of hydrogen-bond acceptors (Lipinski definition) is 5. The molecule has 0 saturated heterocycles. The van der Waals surface area contributed by atoms with Crippen molar-refractivity contribution in [2.75, 3.05) is 12.8 Å². The minimum atomic E-state index is -3.35. The lowest BCUT2D eigenvalue weighted by Gasteiger charge is -2.10. The molecule has 0 heterocycles. The van der Waals surface area contributed by atoms with Gasteiger partial charge in [-0.05, 0) is 19.8 Å². The number of sulfone groups is 1. The van der Waals surface area contributed by atoms with E-state index in [1.807, 2.05) is 0 Å². The van der Waals surface area contributed by atoms with E-state index in [9.17, 15) is 13.2 Å². The minimum Gasteiger partial charge on any atom is -0.409 e. The van der Waals surface area contributed by atoms with Crippen molar-refractivity contribution in [3.05, 3.63) is 0 Å². The van der Waals surface area contributed by atoms with Gasteiger partial charge in [0.15, 0.2) is 9.84 Å². The molecule has 0 aromatic carbocycles. The molecule has 17 heavy (non-hydrogen) atoms. The van der Waals surface area contributed by atoms with Crippen molar-refractivity contribution in [1.29, 1.82) is 0 Å². The van der Waals surface area contributed by atoms with Crippen LogP contribution in [0.3, 0.4) is 0 Å². The van der Waals surface area contributed by atoms with Crippen LogP contribution in [0.1, 0.15) is 26.2 Å². The molecule has 100 valence electrons. The van der Waals surface area contributed by atoms with Crippen molar-refractivity contribution in [2.45, 2.75) is 31.4 Å². The number of unbranched alkanes of at least 4 members (excludes halogenated alkanes) is 1. The topological polar surface area (TPSA) is 122 Å². The van der Waals surface area contributed by atoms with Crippen LogP contribution in [-0.4, -0.2) is 43.4 Å². The van der Waals surface area contributed by atoms with Crippen molar-refractivity contribution in [2.24, 2.45) is 10.9 Å². The molecule has 1 atom stereocenters. The highest BCUT2D eigenvalue weighted by molar-refractivity contribution is 7.92. The first-order chi connectivity index (χ1) is 7.79. The summed E-state index contributed by atoms with van der Waals surface area (Å²) in [6.45, 7) is 1.72. The van der Waals surface area contributed by atoms with Crippen molar-refractivity contribution in [1.82, 2.24) is 5.32 Å². The van der Waals surface area contributed by atoms with E-state index in [1.54, 1.807) is 0 Å². The number of hydrogen-bond donors (Lipinski definition) is 3. The van der Waals surface area contributed by atoms with Crippen LogP contribution in [0.15, 0.2) is 5.16 Å². The summed E-state index contributed by atoms with van der Waals surface area (Å²) in [4.78, 5) is 11.4. The maximum atomic E-state index is 11.4. The first-order valence-electron chi connectivity index (χ1n) is 5.22. The van der Waals surface area contributed by atoms with Gasteiger partial charge in [0, 0.05) is 19.2 Å². The fraction of sp³-hybridized carbons (Fsp3) is 0.778. The number of rotatable bonds is 7. The predicted molar refractivity (Wildman–Crippen MR) is 64.6 cm³/mol. The van der Waals surface area contributed by atoms with E-state index in [-0.39, 0.29) is 5.84 Å². The Morgan fingerprint density at radius 3 is 2.53 bits per heavy atom. The number of oxime groups is 1. The summed E-state index contributed by atoms with van der Waals surface area (Å²) < 4.78 is 22.1. The zero-order chi connectivity index (χ0) is 13.5. The molecule has 0 rings (SSSR count). The van der Waals surface area contributed by atoms with Crippen molar-refractivity contribution < 1.29 is 18.4 Å². The number of carbonyl (C=O) groups excluding carboxylic acids is 1. The van der Waals surface area contributed by atoms with E-state index in [1.165, 1.54) is 6.92 Å². The van der Waals surface area contributed by atoms with E-state index in [0.29, 0.717) is 25.8 Å². The Morgan fingerprint density at radius 2 is 2.06 bits per heavy atom. The van der Waals surface area contributed by atoms with Crippen molar-refractivity contribution in [3.8, 4) is 0 Å². The first kappa shape index (κ1) is 15.7. The molecule has 1 unspecified atom stereocenters. The van der Waals surface area contributed by atoms with Crippen LogP contribution in [0.25, 0.3) is 0 Å². The molecule has 0 aliphatic rings. The molecule has 0 aromatic heterocycles. The standard InChI is InChI=1S/C9H19N3O4S/c1-7(17(2,15)16)9(13)11-6-4-3-5-8(10)12-14/h7,14H,3-6H2,1-2H3,(H2,10,12)(H,11,13). The van der Waals surface area contributed by atoms with E-state index >= 15 is 0 Å². The number of nitrogens with two attached hydrogens (primary N) is 1. The zero-order valence-electron chi connectivity index (χ0n) is 10.0. The monoisotopic (exact) mass is 265 g/mol. The minimum absolute atomic E-state index is 0.140. The smallest absolute Gasteiger partial charge is 0.238 e. The molecule has 0 aliphatic heterocycles. The fourth-order valence-corrected chi connectivity index (χ4v) is 1.50. The number of carbonyl (C=O) groups is 1. The summed E-state index contributed by atoms with van der Waals surface area (Å²) in [7, 11) is -3.35. The van der Waals surface area contributed by atoms with E-state index in [0.717, 1.165) is 6.26 Å². The van der Waals surface area contributed by atoms with Gasteiger partial charge in [-0.25, -0.2) is 8.42 Å². The lowest BCUT2D eigenvalue weighted by Crippen LogP contribution is -2.37. The maximum Gasteiger partial charge on any atom is 0.238 e. The van der Waals surface area contributed by atoms with Crippen molar-refractivity contribution in [3.63, 3.8) is 0 Å². The van der Waals surface area contributed by atoms with Gasteiger partial charge < -0.3 is 16.3 Å². The third kappa shape index (κ3) is 6.77. The van der Waals surface area contributed by atoms with Gasteiger partial charge in [0.25, 0.3) is 0 Å². The Labute approximate surface area is 101 Å². The van der Waals surface area contributed by atoms with Crippen LogP contribution >= 0.6 is 0 Å². The molecule has 0 saturated carbocycles. The summed E-state index contributed by atoms with van der Waals surface area (Å²) in [6, 6.07) is 0. The third-order valence-electron chi connectivity index (χ3n) is 2.30. The molecule has 1 amide bonds. The van der Waals surface area contributed by atoms with Gasteiger partial charge >= 0.3 is 0 Å². The molecule has 0 fully saturated rings. The maximum absolute atomic E-state index is 11.4. The largest absolute Gasteiger partial charge is 0.409 e. The summed E-state index contributed by atoms with van der Waals surface area (Å²) in [6.07, 6.45) is 2.76. The Kier molecular flexibility index (Phi) is 6.55. The van der Waals surface area contributed by atoms with Gasteiger partial charge in [0.05, 0.1) is 0 Å². The molecule has 0 aromatic rings. The Bertz CT molecular complexity index is 378. The number of amidine groups is 1. The molecule has 8 heteroatoms. The van der Waals surface area contributed by atoms with E-state index < -0.39 is 21.0 Å². The second-order valence-electron chi connectivity index (χ2n) is 3.81. The molecular weight excluding hydrogens is 246 g/mol. The summed E-state index contributed by atoms with van der Waals surface area (Å²) in [5, 5.41) is 12.6. The summed E-state index contributed by atoms with van der Waals surface area (Å²) >= 11 is 0. The van der Waals surface area contributed by atoms with Crippen LogP contribution < -0.4 is 11.1 Å². The zero-order valence-corrected chi connectivity index (χ0v) is 10.8. The molecule has 7 nitrogen and oxygen atoms in total. The summed E-state index contributed by atoms with van der Waals surface area (Å²) in [5.74, 6) is -0.364. The second-order valence-corrected chi connectivity index (χ2v) is 6.18. The number of nitrogens with zero attached hydrogens (tertiary/aromatic N) is 1. The molecule has 0 aliphatic carbocycles. The molecule has 4 N–H and O–H groups in total. The normalized spacial score (nSPS) is 14.4. The molecular formula is C9H19N3O4S. The van der Waals surface area contributed by atoms with Crippen LogP contribution in [0.5, 0.6) is 0 Å². The van der Waals surface area contributed by atoms with E-state index in [2.05, 4.69) is 10.5 Å². The first-order valence-corrected chi connectivity index (χ1v) is 7.17. The van der Waals surface area contributed by atoms with Crippen LogP contribution in [0, 0.1) is 0 Å². The highest BCUT2D eigenvalue weighted by Crippen LogP contribution is 1.98. The molecule has 0 radical (unpaired) electrons. The van der Waals surface area contributed by atoms with Gasteiger partial charge in [-0.15, -0.1) is 0 Å². The second kappa shape index (κ2) is 7.10. The molecule has 0 bridgehead atoms. The lowest BCUT2D eigenvalue weighted by molar-refractivity contribution is -0.120. The SMILES string of the molecule is CC(C(=O)NCCCCC(N)=NO)S(C)(=O)=O. The third-order valence-corrected chi connectivity index (χ3v) is 3.80. The van der Waals surface area contributed by atoms with Crippen LogP contribution in [0.4, 0.5) is 0 Å². The average molecular weight is 265 g/mol. The highest BCUT2D eigenvalue weighted by atomic mass is 32.2. The van der Waals surface area contributed by atoms with Gasteiger partial charge in [-0.2, -0.15) is 0 Å². The van der Waals surface area contributed by atoms with Crippen LogP contribution in [0.2, 0.25) is 0 Å². The molecule has 0 spiro atoms. The summed E-state index contributed by atoms with van der Waals surface area (Å²) in [5.41, 5.74) is 5.25. The van der Waals surface area contributed by atoms with E-state index in [4.69, 9.17) is 10.9 Å². The van der Waals surface area contributed by atoms with Crippen LogP contribution in [-0.2, 0) is 14.6 Å². The Hall–Kier alpha value is -1.31. The number of amides is 1.